The van der Waals surface area contributed by atoms with Crippen molar-refractivity contribution in [3.63, 3.8) is 0 Å². The van der Waals surface area contributed by atoms with Crippen molar-refractivity contribution >= 4 is 17.4 Å². The number of terminal acetylenes is 1. The molecule has 0 spiro atoms. The minimum Gasteiger partial charge on any atom is -0.376 e. The number of carbonyl (C=O) groups is 1. The predicted octanol–water partition coefficient (Wildman–Crippen LogP) is 2.07. The molecule has 2 heterocycles. The molecule has 1 atom stereocenters. The van der Waals surface area contributed by atoms with Crippen LogP contribution in [0.25, 0.3) is 0 Å². The first kappa shape index (κ1) is 13.9. The molecule has 4 nitrogen and oxygen atoms in total. The second-order valence-corrected chi connectivity index (χ2v) is 5.49. The maximum Gasteiger partial charge on any atom is 0.318 e. The highest BCUT2D eigenvalue weighted by Crippen LogP contribution is 2.17. The van der Waals surface area contributed by atoms with Gasteiger partial charge in [-0.3, -0.25) is 0 Å². The lowest BCUT2D eigenvalue weighted by molar-refractivity contribution is 0.0799. The van der Waals surface area contributed by atoms with Gasteiger partial charge in [0.1, 0.15) is 0 Å². The van der Waals surface area contributed by atoms with E-state index in [1.165, 1.54) is 0 Å². The van der Waals surface area contributed by atoms with Gasteiger partial charge >= 0.3 is 6.03 Å². The molecule has 1 aliphatic rings. The molecule has 2 amide bonds. The van der Waals surface area contributed by atoms with E-state index in [1.807, 2.05) is 17.5 Å². The summed E-state index contributed by atoms with van der Waals surface area (Å²) in [4.78, 5) is 15.0. The number of thiophene rings is 1. The Morgan fingerprint density at radius 1 is 1.68 bits per heavy atom. The van der Waals surface area contributed by atoms with Gasteiger partial charge in [0.15, 0.2) is 0 Å². The Kier molecular flexibility index (Phi) is 5.25. The van der Waals surface area contributed by atoms with Gasteiger partial charge in [-0.25, -0.2) is 4.79 Å². The number of rotatable bonds is 5. The number of nitrogens with one attached hydrogen (secondary N) is 1. The monoisotopic (exact) mass is 278 g/mol. The van der Waals surface area contributed by atoms with Crippen LogP contribution in [0.2, 0.25) is 0 Å². The van der Waals surface area contributed by atoms with Crippen LogP contribution in [0, 0.1) is 12.3 Å². The molecule has 102 valence electrons. The van der Waals surface area contributed by atoms with Crippen molar-refractivity contribution in [2.24, 2.45) is 0 Å². The van der Waals surface area contributed by atoms with Crippen molar-refractivity contribution in [2.75, 3.05) is 19.7 Å². The summed E-state index contributed by atoms with van der Waals surface area (Å²) in [6, 6.07) is 3.90. The third kappa shape index (κ3) is 4.27. The van der Waals surface area contributed by atoms with Crippen LogP contribution in [0.5, 0.6) is 0 Å². The molecule has 0 aromatic carbocycles. The second kappa shape index (κ2) is 7.17. The summed E-state index contributed by atoms with van der Waals surface area (Å²) in [5.74, 6) is 2.42. The predicted molar refractivity (Wildman–Crippen MR) is 75.9 cm³/mol. The van der Waals surface area contributed by atoms with Crippen molar-refractivity contribution in [3.8, 4) is 12.3 Å². The van der Waals surface area contributed by atoms with Gasteiger partial charge in [0.05, 0.1) is 19.2 Å². The van der Waals surface area contributed by atoms with Crippen molar-refractivity contribution < 1.29 is 9.53 Å². The van der Waals surface area contributed by atoms with E-state index in [0.717, 1.165) is 24.3 Å². The molecule has 1 aliphatic heterocycles. The van der Waals surface area contributed by atoms with E-state index in [2.05, 4.69) is 11.2 Å². The van der Waals surface area contributed by atoms with Crippen LogP contribution in [0.15, 0.2) is 17.5 Å². The van der Waals surface area contributed by atoms with Crippen molar-refractivity contribution in [1.82, 2.24) is 10.2 Å². The molecular weight excluding hydrogens is 260 g/mol. The SMILES string of the molecule is C#CCNC(=O)N(Cc1cccs1)CC1CCCO1. The molecule has 1 saturated heterocycles. The van der Waals surface area contributed by atoms with Crippen LogP contribution in [0.3, 0.4) is 0 Å². The molecule has 1 aromatic heterocycles. The first-order chi connectivity index (χ1) is 9.29. The highest BCUT2D eigenvalue weighted by molar-refractivity contribution is 7.09. The Balaban J connectivity index is 1.95. The molecule has 0 aliphatic carbocycles. The van der Waals surface area contributed by atoms with Gasteiger partial charge in [-0.15, -0.1) is 17.8 Å². The maximum absolute atomic E-state index is 12.1. The fourth-order valence-electron chi connectivity index (χ4n) is 2.08. The number of hydrogen-bond acceptors (Lipinski definition) is 3. The van der Waals surface area contributed by atoms with Crippen molar-refractivity contribution in [1.29, 1.82) is 0 Å². The summed E-state index contributed by atoms with van der Waals surface area (Å²) in [6.07, 6.45) is 7.41. The van der Waals surface area contributed by atoms with E-state index in [0.29, 0.717) is 13.1 Å². The molecule has 0 saturated carbocycles. The van der Waals surface area contributed by atoms with E-state index in [4.69, 9.17) is 11.2 Å². The lowest BCUT2D eigenvalue weighted by atomic mass is 10.2. The molecule has 19 heavy (non-hydrogen) atoms. The smallest absolute Gasteiger partial charge is 0.318 e. The van der Waals surface area contributed by atoms with Crippen LogP contribution >= 0.6 is 11.3 Å². The van der Waals surface area contributed by atoms with Gasteiger partial charge in [-0.1, -0.05) is 12.0 Å². The fraction of sp³-hybridized carbons (Fsp3) is 0.500. The summed E-state index contributed by atoms with van der Waals surface area (Å²) in [6.45, 7) is 2.27. The zero-order valence-corrected chi connectivity index (χ0v) is 11.6. The largest absolute Gasteiger partial charge is 0.376 e. The number of urea groups is 1. The van der Waals surface area contributed by atoms with E-state index in [1.54, 1.807) is 16.2 Å². The van der Waals surface area contributed by atoms with Crippen LogP contribution in [-0.4, -0.2) is 36.7 Å². The Labute approximate surface area is 117 Å². The van der Waals surface area contributed by atoms with Crippen LogP contribution < -0.4 is 5.32 Å². The Morgan fingerprint density at radius 2 is 2.58 bits per heavy atom. The standard InChI is InChI=1S/C14H18N2O2S/c1-2-7-15-14(17)16(10-12-5-3-8-18-12)11-13-6-4-9-19-13/h1,4,6,9,12H,3,5,7-8,10-11H2,(H,15,17). The van der Waals surface area contributed by atoms with Crippen LogP contribution in [-0.2, 0) is 11.3 Å². The zero-order chi connectivity index (χ0) is 13.5. The minimum absolute atomic E-state index is 0.123. The average Bonchev–Trinajstić information content (AvgIpc) is 3.08. The molecule has 1 fully saturated rings. The lowest BCUT2D eigenvalue weighted by Gasteiger charge is -2.24. The first-order valence-electron chi connectivity index (χ1n) is 6.40. The molecule has 1 unspecified atom stereocenters. The van der Waals surface area contributed by atoms with Crippen LogP contribution in [0.4, 0.5) is 4.79 Å². The quantitative estimate of drug-likeness (QED) is 0.838. The summed E-state index contributed by atoms with van der Waals surface area (Å²) < 4.78 is 5.60. The summed E-state index contributed by atoms with van der Waals surface area (Å²) in [5, 5.41) is 4.73. The third-order valence-electron chi connectivity index (χ3n) is 3.00. The Morgan fingerprint density at radius 3 is 3.21 bits per heavy atom. The van der Waals surface area contributed by atoms with Gasteiger partial charge in [-0.2, -0.15) is 0 Å². The molecule has 1 N–H and O–H groups in total. The number of nitrogens with zero attached hydrogens (tertiary/aromatic N) is 1. The maximum atomic E-state index is 12.1. The van der Waals surface area contributed by atoms with Crippen molar-refractivity contribution in [2.45, 2.75) is 25.5 Å². The summed E-state index contributed by atoms with van der Waals surface area (Å²) in [5.41, 5.74) is 0. The molecular formula is C14H18N2O2S. The highest BCUT2D eigenvalue weighted by Gasteiger charge is 2.22. The van der Waals surface area contributed by atoms with E-state index >= 15 is 0 Å². The first-order valence-corrected chi connectivity index (χ1v) is 7.28. The average molecular weight is 278 g/mol. The normalized spacial score (nSPS) is 17.9. The minimum atomic E-state index is -0.123. The van der Waals surface area contributed by atoms with E-state index in [-0.39, 0.29) is 18.7 Å². The molecule has 1 aromatic rings. The molecule has 2 rings (SSSR count). The van der Waals surface area contributed by atoms with Gasteiger partial charge in [0, 0.05) is 18.0 Å². The topological polar surface area (TPSA) is 41.6 Å². The van der Waals surface area contributed by atoms with Crippen molar-refractivity contribution in [3.05, 3.63) is 22.4 Å². The van der Waals surface area contributed by atoms with Gasteiger partial charge < -0.3 is 15.0 Å². The van der Waals surface area contributed by atoms with E-state index in [9.17, 15) is 4.79 Å². The second-order valence-electron chi connectivity index (χ2n) is 4.46. The molecule has 0 bridgehead atoms. The number of hydrogen-bond donors (Lipinski definition) is 1. The van der Waals surface area contributed by atoms with Gasteiger partial charge in [-0.05, 0) is 24.3 Å². The summed E-state index contributed by atoms with van der Waals surface area (Å²) in [7, 11) is 0. The number of ether oxygens (including phenoxy) is 1. The van der Waals surface area contributed by atoms with E-state index < -0.39 is 0 Å². The molecule has 0 radical (unpaired) electrons. The lowest BCUT2D eigenvalue weighted by Crippen LogP contribution is -2.43. The van der Waals surface area contributed by atoms with Gasteiger partial charge in [0.25, 0.3) is 0 Å². The zero-order valence-electron chi connectivity index (χ0n) is 10.8. The highest BCUT2D eigenvalue weighted by atomic mass is 32.1. The number of carbonyl (C=O) groups excluding carboxylic acids is 1. The Bertz CT molecular complexity index is 433. The van der Waals surface area contributed by atoms with Gasteiger partial charge in [0.2, 0.25) is 0 Å². The summed E-state index contributed by atoms with van der Waals surface area (Å²) >= 11 is 1.65. The number of amides is 2. The molecule has 5 heteroatoms. The third-order valence-corrected chi connectivity index (χ3v) is 3.86. The fourth-order valence-corrected chi connectivity index (χ4v) is 2.80. The Hall–Kier alpha value is -1.51. The van der Waals surface area contributed by atoms with Crippen LogP contribution in [0.1, 0.15) is 17.7 Å².